The van der Waals surface area contributed by atoms with Crippen LogP contribution in [-0.2, 0) is 0 Å². The Morgan fingerprint density at radius 2 is 2.43 bits per heavy atom. The van der Waals surface area contributed by atoms with Gasteiger partial charge in [0.05, 0.1) is 0 Å². The maximum absolute atomic E-state index is 4.73. The molecule has 7 heavy (non-hydrogen) atoms. The average molecular weight is 172 g/mol. The molecule has 1 rings (SSSR count). The van der Waals surface area contributed by atoms with Crippen LogP contribution in [0, 0.1) is 0 Å². The number of rotatable bonds is 0. The summed E-state index contributed by atoms with van der Waals surface area (Å²) >= 11 is 1.63. The van der Waals surface area contributed by atoms with Gasteiger partial charge < -0.3 is 17.0 Å². The van der Waals surface area contributed by atoms with Gasteiger partial charge in [0.25, 0.3) is 0 Å². The maximum atomic E-state index is 4.73. The summed E-state index contributed by atoms with van der Waals surface area (Å²) in [6.07, 6.45) is 3.19. The van der Waals surface area contributed by atoms with Crippen LogP contribution >= 0.6 is 0 Å². The fourth-order valence-corrected chi connectivity index (χ4v) is 0.455. The van der Waals surface area contributed by atoms with Gasteiger partial charge in [-0.3, -0.25) is 0 Å². The Hall–Kier alpha value is 0.456. The van der Waals surface area contributed by atoms with Crippen LogP contribution in [0.3, 0.4) is 0 Å². The molecule has 34 valence electrons. The van der Waals surface area contributed by atoms with E-state index in [1.165, 1.54) is 0 Å². The van der Waals surface area contributed by atoms with E-state index in [0.717, 1.165) is 4.02 Å². The minimum atomic E-state index is 0. The van der Waals surface area contributed by atoms with Gasteiger partial charge in [-0.15, -0.1) is 0 Å². The molecule has 0 atom stereocenters. The Balaban J connectivity index is 0.000000360. The molecule has 2 nitrogen and oxygen atoms in total. The molecule has 0 aromatic carbocycles. The first-order chi connectivity index (χ1) is 2.89. The quantitative estimate of drug-likeness (QED) is 0.379. The third kappa shape index (κ3) is 2.31. The van der Waals surface area contributed by atoms with Crippen LogP contribution in [0.4, 0.5) is 0 Å². The van der Waals surface area contributed by atoms with Crippen LogP contribution in [0.5, 0.6) is 0 Å². The predicted octanol–water partition coefficient (Wildman–Crippen LogP) is -3.53. The van der Waals surface area contributed by atoms with Crippen LogP contribution in [0.2, 0.25) is 0 Å². The van der Waals surface area contributed by atoms with Crippen molar-refractivity contribution in [2.24, 2.45) is 0 Å². The van der Waals surface area contributed by atoms with E-state index in [1.54, 1.807) is 34.2 Å². The number of aromatic nitrogens is 1. The van der Waals surface area contributed by atoms with Crippen molar-refractivity contribution in [1.29, 1.82) is 0 Å². The Labute approximate surface area is 64.5 Å². The van der Waals surface area contributed by atoms with Gasteiger partial charge in [-0.2, -0.15) is 0 Å². The van der Waals surface area contributed by atoms with Crippen LogP contribution in [-0.4, -0.2) is 26.7 Å². The summed E-state index contributed by atoms with van der Waals surface area (Å²) in [7, 11) is 0. The number of nitrogens with zero attached hydrogens (tertiary/aromatic N) is 1. The number of hydrogen-bond acceptors (Lipinski definition) is 2. The normalized spacial score (nSPS) is 7.71. The van der Waals surface area contributed by atoms with Gasteiger partial charge in [0.2, 0.25) is 0 Å². The summed E-state index contributed by atoms with van der Waals surface area (Å²) in [6, 6.07) is 0. The topological polar surface area (TPSA) is 26.0 Å². The van der Waals surface area contributed by atoms with Crippen molar-refractivity contribution >= 4 is 25.7 Å². The first-order valence-corrected chi connectivity index (χ1v) is 2.32. The molecule has 1 aromatic heterocycles. The van der Waals surface area contributed by atoms with Crippen molar-refractivity contribution in [2.75, 3.05) is 0 Å². The van der Waals surface area contributed by atoms with Gasteiger partial charge in [0, 0.05) is 0 Å². The second kappa shape index (κ2) is 3.46. The molecule has 0 amide bonds. The second-order valence-electron chi connectivity index (χ2n) is 0.926. The second-order valence-corrected chi connectivity index (χ2v) is 1.53. The molecule has 0 bridgehead atoms. The SMILES string of the molecule is [Br-].[Mg+][c]1ncco1. The van der Waals surface area contributed by atoms with Crippen LogP contribution in [0.25, 0.3) is 0 Å². The monoisotopic (exact) mass is 171 g/mol. The van der Waals surface area contributed by atoms with E-state index in [1.807, 2.05) is 0 Å². The third-order valence-electron chi connectivity index (χ3n) is 0.483. The van der Waals surface area contributed by atoms with Gasteiger partial charge in [0.1, 0.15) is 0 Å². The average Bonchev–Trinajstić information content (AvgIpc) is 1.86. The number of oxazole rings is 1. The first kappa shape index (κ1) is 7.46. The molecule has 0 N–H and O–H groups in total. The van der Waals surface area contributed by atoms with Gasteiger partial charge >= 0.3 is 47.6 Å². The molecule has 0 aliphatic carbocycles. The summed E-state index contributed by atoms with van der Waals surface area (Å²) in [5.74, 6) is 0. The molecule has 0 unspecified atom stereocenters. The fourth-order valence-electron chi connectivity index (χ4n) is 0.253. The van der Waals surface area contributed by atoms with Gasteiger partial charge in [-0.05, 0) is 0 Å². The van der Waals surface area contributed by atoms with Crippen LogP contribution < -0.4 is 21.0 Å². The Kier molecular flexibility index (Phi) is 3.68. The van der Waals surface area contributed by atoms with Gasteiger partial charge in [-0.1, -0.05) is 0 Å². The van der Waals surface area contributed by atoms with E-state index in [4.69, 9.17) is 4.42 Å². The molecule has 0 spiro atoms. The summed E-state index contributed by atoms with van der Waals surface area (Å²) in [4.78, 5) is 3.76. The van der Waals surface area contributed by atoms with Crippen LogP contribution in [0.1, 0.15) is 0 Å². The van der Waals surface area contributed by atoms with E-state index in [-0.39, 0.29) is 17.0 Å². The van der Waals surface area contributed by atoms with Crippen LogP contribution in [0.15, 0.2) is 16.9 Å². The molecule has 0 saturated carbocycles. The predicted molar refractivity (Wildman–Crippen MR) is 21.9 cm³/mol. The van der Waals surface area contributed by atoms with Crippen molar-refractivity contribution in [3.8, 4) is 0 Å². The summed E-state index contributed by atoms with van der Waals surface area (Å²) in [6.45, 7) is 0. The van der Waals surface area contributed by atoms with E-state index >= 15 is 0 Å². The molecular formula is C3H2BrMgNO. The number of hydrogen-bond donors (Lipinski definition) is 0. The zero-order valence-corrected chi connectivity index (χ0v) is 6.60. The van der Waals surface area contributed by atoms with Crippen molar-refractivity contribution in [3.63, 3.8) is 0 Å². The molecule has 1 aromatic rings. The molecular weight excluding hydrogens is 170 g/mol. The molecule has 1 heterocycles. The molecule has 0 saturated heterocycles. The van der Waals surface area contributed by atoms with Gasteiger partial charge in [-0.25, -0.2) is 0 Å². The van der Waals surface area contributed by atoms with E-state index in [9.17, 15) is 0 Å². The standard InChI is InChI=1S/C3H2NO.BrH.Mg/c1-2-5-3-4-1;;/h1-2H;1H;/q;;+1/p-1. The Morgan fingerprint density at radius 1 is 1.71 bits per heavy atom. The molecule has 0 fully saturated rings. The Morgan fingerprint density at radius 3 is 2.57 bits per heavy atom. The minimum absolute atomic E-state index is 0. The summed E-state index contributed by atoms with van der Waals surface area (Å²) < 4.78 is 5.48. The van der Waals surface area contributed by atoms with Crippen molar-refractivity contribution < 1.29 is 21.4 Å². The van der Waals surface area contributed by atoms with Crippen molar-refractivity contribution in [2.45, 2.75) is 0 Å². The zero-order valence-electron chi connectivity index (χ0n) is 3.60. The van der Waals surface area contributed by atoms with E-state index in [2.05, 4.69) is 4.98 Å². The van der Waals surface area contributed by atoms with Gasteiger partial charge in [0.15, 0.2) is 0 Å². The third-order valence-corrected chi connectivity index (χ3v) is 0.833. The van der Waals surface area contributed by atoms with E-state index in [0.29, 0.717) is 0 Å². The first-order valence-electron chi connectivity index (χ1n) is 1.61. The molecule has 0 aliphatic rings. The van der Waals surface area contributed by atoms with E-state index < -0.39 is 0 Å². The van der Waals surface area contributed by atoms with Crippen molar-refractivity contribution in [1.82, 2.24) is 4.98 Å². The number of halogens is 1. The summed E-state index contributed by atoms with van der Waals surface area (Å²) in [5.41, 5.74) is 0. The fraction of sp³-hybridized carbons (Fsp3) is 0. The van der Waals surface area contributed by atoms with Crippen molar-refractivity contribution in [3.05, 3.63) is 12.5 Å². The molecule has 0 radical (unpaired) electrons. The molecule has 0 aliphatic heterocycles. The summed E-state index contributed by atoms with van der Waals surface area (Å²) in [5, 5.41) is 0. The molecule has 4 heteroatoms. The Bertz CT molecular complexity index is 118. The zero-order chi connectivity index (χ0) is 4.41.